The van der Waals surface area contributed by atoms with Gasteiger partial charge in [-0.25, -0.2) is 19.6 Å². The van der Waals surface area contributed by atoms with Crippen molar-refractivity contribution in [2.45, 2.75) is 39.3 Å². The lowest BCUT2D eigenvalue weighted by Gasteiger charge is -2.40. The quantitative estimate of drug-likeness (QED) is 0.760. The molecule has 0 aliphatic carbocycles. The lowest BCUT2D eigenvalue weighted by molar-refractivity contribution is 0.0217. The maximum atomic E-state index is 12.2. The second-order valence-electron chi connectivity index (χ2n) is 6.73. The van der Waals surface area contributed by atoms with Gasteiger partial charge in [-0.05, 0) is 27.7 Å². The van der Waals surface area contributed by atoms with Crippen LogP contribution in [-0.4, -0.2) is 65.3 Å². The molecule has 0 unspecified atom stereocenters. The largest absolute Gasteiger partial charge is 0.465 e. The topological polar surface area (TPSA) is 84.9 Å². The van der Waals surface area contributed by atoms with Crippen LogP contribution in [0.2, 0.25) is 0 Å². The van der Waals surface area contributed by atoms with Gasteiger partial charge < -0.3 is 19.3 Å². The summed E-state index contributed by atoms with van der Waals surface area (Å²) in [4.78, 5) is 35.7. The second-order valence-corrected chi connectivity index (χ2v) is 6.73. The highest BCUT2D eigenvalue weighted by atomic mass is 16.6. The minimum absolute atomic E-state index is 0.0373. The van der Waals surface area contributed by atoms with E-state index < -0.39 is 11.6 Å². The van der Waals surface area contributed by atoms with Crippen molar-refractivity contribution in [1.29, 1.82) is 0 Å². The summed E-state index contributed by atoms with van der Waals surface area (Å²) in [6, 6.07) is 0.0373. The summed E-state index contributed by atoms with van der Waals surface area (Å²) in [6.07, 6.45) is 2.58. The van der Waals surface area contributed by atoms with E-state index in [9.17, 15) is 9.59 Å². The van der Waals surface area contributed by atoms with E-state index >= 15 is 0 Å². The second kappa shape index (κ2) is 7.02. The molecule has 0 N–H and O–H groups in total. The van der Waals surface area contributed by atoms with Gasteiger partial charge in [0.15, 0.2) is 0 Å². The molecule has 0 aromatic carbocycles. The molecule has 132 valence electrons. The molecule has 2 rings (SSSR count). The van der Waals surface area contributed by atoms with Gasteiger partial charge in [-0.15, -0.1) is 0 Å². The Kier molecular flexibility index (Phi) is 5.26. The molecule has 8 nitrogen and oxygen atoms in total. The Morgan fingerprint density at radius 3 is 2.33 bits per heavy atom. The minimum Gasteiger partial charge on any atom is -0.465 e. The predicted octanol–water partition coefficient (Wildman–Crippen LogP) is 1.71. The smallest absolute Gasteiger partial charge is 0.410 e. The highest BCUT2D eigenvalue weighted by Crippen LogP contribution is 2.18. The third-order valence-electron chi connectivity index (χ3n) is 3.60. The number of hydrogen-bond donors (Lipinski definition) is 0. The number of piperazine rings is 1. The van der Waals surface area contributed by atoms with Crippen molar-refractivity contribution in [1.82, 2.24) is 14.9 Å². The van der Waals surface area contributed by atoms with E-state index in [4.69, 9.17) is 4.74 Å². The van der Waals surface area contributed by atoms with Gasteiger partial charge >= 0.3 is 12.1 Å². The fourth-order valence-electron chi connectivity index (χ4n) is 2.44. The van der Waals surface area contributed by atoms with Gasteiger partial charge in [0, 0.05) is 38.1 Å². The van der Waals surface area contributed by atoms with Gasteiger partial charge in [-0.2, -0.15) is 0 Å². The summed E-state index contributed by atoms with van der Waals surface area (Å²) in [5.41, 5.74) is -0.203. The zero-order valence-electron chi connectivity index (χ0n) is 14.8. The fraction of sp³-hybridized carbons (Fsp3) is 0.625. The molecule has 1 amide bonds. The number of nitrogens with zero attached hydrogens (tertiary/aromatic N) is 4. The number of aromatic nitrogens is 2. The maximum absolute atomic E-state index is 12.2. The first-order chi connectivity index (χ1) is 11.2. The number of anilines is 1. The Bertz CT molecular complexity index is 597. The van der Waals surface area contributed by atoms with Crippen LogP contribution in [0.3, 0.4) is 0 Å². The van der Waals surface area contributed by atoms with Crippen molar-refractivity contribution in [2.75, 3.05) is 31.6 Å². The standard InChI is InChI=1S/C16H24N4O4/c1-11-10-19(15(22)24-16(2,3)4)6-7-20(11)14-17-8-12(9-18-14)13(21)23-5/h8-9,11H,6-7,10H2,1-5H3/t11-/m1/s1. The first-order valence-corrected chi connectivity index (χ1v) is 7.86. The highest BCUT2D eigenvalue weighted by molar-refractivity contribution is 5.88. The van der Waals surface area contributed by atoms with Gasteiger partial charge in [0.25, 0.3) is 0 Å². The number of esters is 1. The molecule has 1 saturated heterocycles. The first kappa shape index (κ1) is 18.0. The number of rotatable bonds is 2. The summed E-state index contributed by atoms with van der Waals surface area (Å²) < 4.78 is 10.0. The molecule has 8 heteroatoms. The van der Waals surface area contributed by atoms with Crippen LogP contribution in [0.1, 0.15) is 38.1 Å². The van der Waals surface area contributed by atoms with Crippen LogP contribution in [0, 0.1) is 0 Å². The van der Waals surface area contributed by atoms with Crippen LogP contribution in [0.5, 0.6) is 0 Å². The molecule has 1 fully saturated rings. The van der Waals surface area contributed by atoms with E-state index in [0.717, 1.165) is 0 Å². The van der Waals surface area contributed by atoms with E-state index in [1.165, 1.54) is 19.5 Å². The number of hydrogen-bond acceptors (Lipinski definition) is 7. The van der Waals surface area contributed by atoms with Crippen molar-refractivity contribution in [3.8, 4) is 0 Å². The van der Waals surface area contributed by atoms with Crippen molar-refractivity contribution in [3.63, 3.8) is 0 Å². The van der Waals surface area contributed by atoms with Gasteiger partial charge in [0.2, 0.25) is 5.95 Å². The van der Waals surface area contributed by atoms with Gasteiger partial charge in [-0.3, -0.25) is 0 Å². The van der Waals surface area contributed by atoms with Crippen molar-refractivity contribution in [2.24, 2.45) is 0 Å². The number of amides is 1. The van der Waals surface area contributed by atoms with Crippen molar-refractivity contribution < 1.29 is 19.1 Å². The van der Waals surface area contributed by atoms with Crippen LogP contribution in [0.4, 0.5) is 10.7 Å². The van der Waals surface area contributed by atoms with Crippen LogP contribution in [-0.2, 0) is 9.47 Å². The third-order valence-corrected chi connectivity index (χ3v) is 3.60. The van der Waals surface area contributed by atoms with Crippen LogP contribution < -0.4 is 4.90 Å². The summed E-state index contributed by atoms with van der Waals surface area (Å²) in [5.74, 6) is 0.0586. The normalized spacial score (nSPS) is 18.3. The Morgan fingerprint density at radius 1 is 1.21 bits per heavy atom. The molecule has 0 radical (unpaired) electrons. The summed E-state index contributed by atoms with van der Waals surface area (Å²) >= 11 is 0. The molecule has 1 aliphatic rings. The number of methoxy groups -OCH3 is 1. The Labute approximate surface area is 141 Å². The number of carbonyl (C=O) groups is 2. The van der Waals surface area contributed by atoms with E-state index in [1.807, 2.05) is 32.6 Å². The lowest BCUT2D eigenvalue weighted by atomic mass is 10.2. The maximum Gasteiger partial charge on any atom is 0.410 e. The predicted molar refractivity (Wildman–Crippen MR) is 88.0 cm³/mol. The monoisotopic (exact) mass is 336 g/mol. The highest BCUT2D eigenvalue weighted by Gasteiger charge is 2.30. The molecule has 1 atom stereocenters. The molecular formula is C16H24N4O4. The van der Waals surface area contributed by atoms with E-state index in [-0.39, 0.29) is 12.1 Å². The zero-order valence-corrected chi connectivity index (χ0v) is 14.8. The fourth-order valence-corrected chi connectivity index (χ4v) is 2.44. The SMILES string of the molecule is COC(=O)c1cnc(N2CCN(C(=O)OC(C)(C)C)C[C@H]2C)nc1. The average molecular weight is 336 g/mol. The van der Waals surface area contributed by atoms with E-state index in [2.05, 4.69) is 14.7 Å². The van der Waals surface area contributed by atoms with Gasteiger partial charge in [0.05, 0.1) is 12.7 Å². The number of ether oxygens (including phenoxy) is 2. The third kappa shape index (κ3) is 4.33. The van der Waals surface area contributed by atoms with Crippen molar-refractivity contribution in [3.05, 3.63) is 18.0 Å². The molecule has 1 aromatic heterocycles. The molecule has 0 bridgehead atoms. The first-order valence-electron chi connectivity index (χ1n) is 7.86. The molecular weight excluding hydrogens is 312 g/mol. The molecule has 0 saturated carbocycles. The van der Waals surface area contributed by atoms with E-state index in [0.29, 0.717) is 31.1 Å². The summed E-state index contributed by atoms with van der Waals surface area (Å²) in [6.45, 7) is 9.19. The molecule has 24 heavy (non-hydrogen) atoms. The molecule has 0 spiro atoms. The summed E-state index contributed by atoms with van der Waals surface area (Å²) in [7, 11) is 1.31. The minimum atomic E-state index is -0.510. The Hall–Kier alpha value is -2.38. The van der Waals surface area contributed by atoms with Crippen molar-refractivity contribution >= 4 is 18.0 Å². The van der Waals surface area contributed by atoms with E-state index in [1.54, 1.807) is 4.90 Å². The Balaban J connectivity index is 2.01. The number of carbonyl (C=O) groups excluding carboxylic acids is 2. The van der Waals surface area contributed by atoms with Crippen LogP contribution >= 0.6 is 0 Å². The molecule has 1 aromatic rings. The summed E-state index contributed by atoms with van der Waals surface area (Å²) in [5, 5.41) is 0. The molecule has 2 heterocycles. The van der Waals surface area contributed by atoms with Gasteiger partial charge in [-0.1, -0.05) is 0 Å². The van der Waals surface area contributed by atoms with Gasteiger partial charge in [0.1, 0.15) is 5.60 Å². The van der Waals surface area contributed by atoms with Crippen LogP contribution in [0.15, 0.2) is 12.4 Å². The van der Waals surface area contributed by atoms with Crippen LogP contribution in [0.25, 0.3) is 0 Å². The average Bonchev–Trinajstić information content (AvgIpc) is 2.52. The molecule has 1 aliphatic heterocycles. The lowest BCUT2D eigenvalue weighted by Crippen LogP contribution is -2.55. The zero-order chi connectivity index (χ0) is 17.9. The Morgan fingerprint density at radius 2 is 1.83 bits per heavy atom.